The van der Waals surface area contributed by atoms with Crippen molar-refractivity contribution in [1.82, 2.24) is 15.1 Å². The van der Waals surface area contributed by atoms with Gasteiger partial charge in [-0.15, -0.1) is 0 Å². The predicted molar refractivity (Wildman–Crippen MR) is 189 cm³/mol. The van der Waals surface area contributed by atoms with Crippen LogP contribution < -0.4 is 20.1 Å². The molecule has 0 aromatic heterocycles. The average molecular weight is 686 g/mol. The molecule has 1 heterocycles. The summed E-state index contributed by atoms with van der Waals surface area (Å²) in [6, 6.07) is 14.7. The molecule has 4 aliphatic rings. The van der Waals surface area contributed by atoms with E-state index >= 15 is 0 Å². The Hall–Kier alpha value is -4.59. The zero-order valence-corrected chi connectivity index (χ0v) is 29.9. The van der Waals surface area contributed by atoms with Gasteiger partial charge in [0.25, 0.3) is 5.91 Å². The number of ether oxygens (including phenoxy) is 2. The van der Waals surface area contributed by atoms with Crippen LogP contribution in [0.2, 0.25) is 0 Å². The van der Waals surface area contributed by atoms with E-state index in [0.29, 0.717) is 40.5 Å². The maximum absolute atomic E-state index is 13.6. The lowest BCUT2D eigenvalue weighted by Gasteiger charge is -2.27. The van der Waals surface area contributed by atoms with Crippen LogP contribution in [0.5, 0.6) is 11.5 Å². The van der Waals surface area contributed by atoms with Gasteiger partial charge in [-0.25, -0.2) is 0 Å². The van der Waals surface area contributed by atoms with Gasteiger partial charge >= 0.3 is 0 Å². The van der Waals surface area contributed by atoms with Crippen molar-refractivity contribution < 1.29 is 28.7 Å². The van der Waals surface area contributed by atoms with Crippen LogP contribution in [0.3, 0.4) is 0 Å². The van der Waals surface area contributed by atoms with E-state index in [4.69, 9.17) is 9.47 Å². The molecule has 268 valence electrons. The molecule has 4 fully saturated rings. The van der Waals surface area contributed by atoms with Crippen molar-refractivity contribution in [3.05, 3.63) is 54.1 Å². The molecule has 3 unspecified atom stereocenters. The zero-order chi connectivity index (χ0) is 36.0. The lowest BCUT2D eigenvalue weighted by Crippen LogP contribution is -2.51. The van der Waals surface area contributed by atoms with Crippen molar-refractivity contribution in [3.8, 4) is 17.6 Å². The van der Waals surface area contributed by atoms with Crippen molar-refractivity contribution in [2.75, 3.05) is 25.5 Å². The SMILES string of the molecule is CC(C)(C)C.CN(CC(=O)N1CC(C(=O)Nc2ccccc2)CC1C#N)C(=O)C(CC1CC1)NC(=O)c1ccc(OC2CC2)c(OC2CC2)c1. The molecule has 4 amide bonds. The second-order valence-corrected chi connectivity index (χ2v) is 15.7. The summed E-state index contributed by atoms with van der Waals surface area (Å²) in [7, 11) is 1.52. The Morgan fingerprint density at radius 1 is 0.940 bits per heavy atom. The summed E-state index contributed by atoms with van der Waals surface area (Å²) >= 11 is 0. The van der Waals surface area contributed by atoms with Gasteiger partial charge in [-0.1, -0.05) is 58.7 Å². The maximum atomic E-state index is 13.6. The molecule has 1 aliphatic heterocycles. The summed E-state index contributed by atoms with van der Waals surface area (Å²) < 4.78 is 12.0. The average Bonchev–Trinajstić information content (AvgIpc) is 3.96. The first-order valence-corrected chi connectivity index (χ1v) is 17.9. The Balaban J connectivity index is 0.000000908. The zero-order valence-electron chi connectivity index (χ0n) is 29.9. The highest BCUT2D eigenvalue weighted by molar-refractivity contribution is 5.99. The summed E-state index contributed by atoms with van der Waals surface area (Å²) in [5, 5.41) is 15.5. The normalized spacial score (nSPS) is 20.4. The van der Waals surface area contributed by atoms with Crippen LogP contribution >= 0.6 is 0 Å². The molecular formula is C39H51N5O6. The molecular weight excluding hydrogens is 634 g/mol. The van der Waals surface area contributed by atoms with E-state index in [1.807, 2.05) is 18.2 Å². The van der Waals surface area contributed by atoms with Crippen LogP contribution in [-0.4, -0.2) is 77.9 Å². The number of hydrogen-bond donors (Lipinski definition) is 2. The van der Waals surface area contributed by atoms with Gasteiger partial charge in [-0.05, 0) is 80.2 Å². The van der Waals surface area contributed by atoms with Crippen LogP contribution in [-0.2, 0) is 14.4 Å². The Morgan fingerprint density at radius 2 is 1.56 bits per heavy atom. The number of amides is 4. The van der Waals surface area contributed by atoms with Crippen LogP contribution in [0.4, 0.5) is 5.69 Å². The third-order valence-electron chi connectivity index (χ3n) is 8.64. The molecule has 0 spiro atoms. The molecule has 2 aromatic carbocycles. The lowest BCUT2D eigenvalue weighted by molar-refractivity contribution is -0.140. The van der Waals surface area contributed by atoms with Crippen LogP contribution in [0.15, 0.2) is 48.5 Å². The molecule has 11 heteroatoms. The van der Waals surface area contributed by atoms with Gasteiger partial charge in [0.2, 0.25) is 17.7 Å². The number of nitriles is 1. The van der Waals surface area contributed by atoms with Gasteiger partial charge in [-0.3, -0.25) is 19.2 Å². The van der Waals surface area contributed by atoms with E-state index < -0.39 is 29.8 Å². The number of hydrogen-bond acceptors (Lipinski definition) is 7. The van der Waals surface area contributed by atoms with E-state index in [9.17, 15) is 24.4 Å². The molecule has 3 atom stereocenters. The minimum Gasteiger partial charge on any atom is -0.487 e. The highest BCUT2D eigenvalue weighted by Gasteiger charge is 2.40. The summed E-state index contributed by atoms with van der Waals surface area (Å²) in [4.78, 5) is 55.9. The Labute approximate surface area is 295 Å². The second kappa shape index (κ2) is 16.0. The summed E-state index contributed by atoms with van der Waals surface area (Å²) in [6.45, 7) is 8.57. The van der Waals surface area contributed by atoms with Gasteiger partial charge in [0.15, 0.2) is 11.5 Å². The minimum absolute atomic E-state index is 0.0890. The molecule has 11 nitrogen and oxygen atoms in total. The highest BCUT2D eigenvalue weighted by Crippen LogP contribution is 2.38. The van der Waals surface area contributed by atoms with Crippen molar-refractivity contribution in [3.63, 3.8) is 0 Å². The predicted octanol–water partition coefficient (Wildman–Crippen LogP) is 5.56. The van der Waals surface area contributed by atoms with Gasteiger partial charge < -0.3 is 29.9 Å². The molecule has 2 N–H and O–H groups in total. The number of rotatable bonds is 13. The molecule has 2 aromatic rings. The third kappa shape index (κ3) is 11.2. The number of likely N-dealkylation sites (N-methyl/N-ethyl adjacent to an activating group) is 1. The number of benzene rings is 2. The number of carbonyl (C=O) groups is 4. The standard InChI is InChI=1S/C34H39N5O6.C5H12/c1-38(20-31(40)39-19-23(16-25(39)18-35)33(42)36-24-5-3-2-4-6-24)34(43)28(15-21-7-8-21)37-32(41)22-9-14-29(44-26-10-11-26)30(17-22)45-27-12-13-27;1-5(2,3)4/h2-6,9,14,17,21,23,25-28H,7-8,10-13,15-16,19-20H2,1H3,(H,36,42)(H,37,41);1-4H3. The summed E-state index contributed by atoms with van der Waals surface area (Å²) in [5.41, 5.74) is 1.51. The van der Waals surface area contributed by atoms with Gasteiger partial charge in [0, 0.05) is 24.8 Å². The molecule has 50 heavy (non-hydrogen) atoms. The van der Waals surface area contributed by atoms with Crippen molar-refractivity contribution in [2.24, 2.45) is 17.3 Å². The fraction of sp³-hybridized carbons (Fsp3) is 0.564. The van der Waals surface area contributed by atoms with Crippen molar-refractivity contribution in [2.45, 2.75) is 103 Å². The molecule has 0 bridgehead atoms. The number of para-hydroxylation sites is 1. The maximum Gasteiger partial charge on any atom is 0.252 e. The summed E-state index contributed by atoms with van der Waals surface area (Å²) in [6.07, 6.45) is 6.93. The lowest BCUT2D eigenvalue weighted by atomic mass is 10.0. The van der Waals surface area contributed by atoms with E-state index in [-0.39, 0.29) is 43.5 Å². The third-order valence-corrected chi connectivity index (χ3v) is 8.64. The Kier molecular flexibility index (Phi) is 11.7. The second-order valence-electron chi connectivity index (χ2n) is 15.7. The number of carbonyl (C=O) groups excluding carboxylic acids is 4. The number of nitrogens with zero attached hydrogens (tertiary/aromatic N) is 3. The van der Waals surface area contributed by atoms with Gasteiger partial charge in [-0.2, -0.15) is 5.26 Å². The van der Waals surface area contributed by atoms with E-state index in [2.05, 4.69) is 44.4 Å². The van der Waals surface area contributed by atoms with Crippen LogP contribution in [0.25, 0.3) is 0 Å². The van der Waals surface area contributed by atoms with Crippen molar-refractivity contribution in [1.29, 1.82) is 5.26 Å². The largest absolute Gasteiger partial charge is 0.487 e. The molecule has 0 radical (unpaired) electrons. The number of anilines is 1. The van der Waals surface area contributed by atoms with Crippen LogP contribution in [0, 0.1) is 28.6 Å². The highest BCUT2D eigenvalue weighted by atomic mass is 16.5. The summed E-state index contributed by atoms with van der Waals surface area (Å²) in [5.74, 6) is -0.501. The topological polar surface area (TPSA) is 141 Å². The Bertz CT molecular complexity index is 1570. The first-order valence-electron chi connectivity index (χ1n) is 17.9. The molecule has 6 rings (SSSR count). The quantitative estimate of drug-likeness (QED) is 0.281. The van der Waals surface area contributed by atoms with Gasteiger partial charge in [0.05, 0.1) is 30.7 Å². The van der Waals surface area contributed by atoms with E-state index in [0.717, 1.165) is 38.5 Å². The van der Waals surface area contributed by atoms with Crippen molar-refractivity contribution >= 4 is 29.3 Å². The van der Waals surface area contributed by atoms with E-state index in [1.54, 1.807) is 30.3 Å². The molecule has 3 saturated carbocycles. The van der Waals surface area contributed by atoms with Crippen LogP contribution in [0.1, 0.15) is 89.4 Å². The minimum atomic E-state index is -0.812. The molecule has 1 saturated heterocycles. The molecule has 3 aliphatic carbocycles. The monoisotopic (exact) mass is 685 g/mol. The smallest absolute Gasteiger partial charge is 0.252 e. The number of likely N-dealkylation sites (tertiary alicyclic amines) is 1. The first kappa shape index (κ1) is 36.7. The Morgan fingerprint density at radius 3 is 2.14 bits per heavy atom. The van der Waals surface area contributed by atoms with E-state index in [1.165, 1.54) is 16.8 Å². The fourth-order valence-electron chi connectivity index (χ4n) is 5.55. The fourth-order valence-corrected chi connectivity index (χ4v) is 5.55. The first-order chi connectivity index (χ1) is 23.8. The van der Waals surface area contributed by atoms with Gasteiger partial charge in [0.1, 0.15) is 12.1 Å². The number of nitrogens with one attached hydrogen (secondary N) is 2.